The molecule has 0 unspecified atom stereocenters. The molecule has 0 saturated heterocycles. The molecule has 0 aromatic heterocycles. The highest BCUT2D eigenvalue weighted by molar-refractivity contribution is 6.11. The molecular weight excluding hydrogens is 280 g/mol. The van der Waals surface area contributed by atoms with Crippen LogP contribution in [0.5, 0.6) is 5.75 Å². The summed E-state index contributed by atoms with van der Waals surface area (Å²) in [6.45, 7) is 0.708. The molecule has 2 aromatic rings. The number of ketones is 1. The van der Waals surface area contributed by atoms with Gasteiger partial charge >= 0.3 is 0 Å². The van der Waals surface area contributed by atoms with Gasteiger partial charge in [0.1, 0.15) is 18.0 Å². The maximum absolute atomic E-state index is 12.4. The van der Waals surface area contributed by atoms with Crippen molar-refractivity contribution in [3.8, 4) is 5.75 Å². The van der Waals surface area contributed by atoms with Gasteiger partial charge in [-0.05, 0) is 23.8 Å². The number of hydrogen-bond acceptors (Lipinski definition) is 4. The number of carbonyl (C=O) groups excluding carboxylic acids is 1. The van der Waals surface area contributed by atoms with E-state index in [2.05, 4.69) is 5.29 Å². The average molecular weight is 294 g/mol. The van der Waals surface area contributed by atoms with E-state index in [1.807, 2.05) is 30.3 Å². The van der Waals surface area contributed by atoms with Crippen LogP contribution >= 0.6 is 0 Å². The number of anilines is 1. The minimum absolute atomic E-state index is 0.195. The van der Waals surface area contributed by atoms with Crippen molar-refractivity contribution in [3.05, 3.63) is 70.6 Å². The summed E-state index contributed by atoms with van der Waals surface area (Å²) in [6, 6.07) is 14.7. The van der Waals surface area contributed by atoms with E-state index in [9.17, 15) is 9.70 Å². The summed E-state index contributed by atoms with van der Waals surface area (Å²) in [7, 11) is 0. The molecule has 1 aliphatic rings. The summed E-state index contributed by atoms with van der Waals surface area (Å²) < 4.78 is 5.49. The number of rotatable bonds is 4. The smallest absolute Gasteiger partial charge is 0.188 e. The Bertz CT molecular complexity index is 726. The Morgan fingerprint density at radius 3 is 2.73 bits per heavy atom. The van der Waals surface area contributed by atoms with Crippen molar-refractivity contribution in [2.24, 2.45) is 5.29 Å². The summed E-state index contributed by atoms with van der Waals surface area (Å²) in [5.41, 5.74) is 1.78. The zero-order chi connectivity index (χ0) is 15.4. The molecule has 0 N–H and O–H groups in total. The standard InChI is InChI=1S/C17H14N2O3/c20-15(10-9-13-5-2-1-3-6-13)14-7-4-8-16-17(14)19(18-21)11-12-22-16/h1-10H,11-12H2. The van der Waals surface area contributed by atoms with Gasteiger partial charge < -0.3 is 4.74 Å². The normalized spacial score (nSPS) is 13.5. The third-order valence-electron chi connectivity index (χ3n) is 3.41. The molecular formula is C17H14N2O3. The molecule has 5 nitrogen and oxygen atoms in total. The minimum atomic E-state index is -0.195. The number of nitrogens with zero attached hydrogens (tertiary/aromatic N) is 2. The molecule has 22 heavy (non-hydrogen) atoms. The fourth-order valence-corrected chi connectivity index (χ4v) is 2.37. The number of fused-ring (bicyclic) bond motifs is 1. The molecule has 0 bridgehead atoms. The van der Waals surface area contributed by atoms with E-state index >= 15 is 0 Å². The van der Waals surface area contributed by atoms with Crippen LogP contribution in [0.15, 0.2) is 59.9 Å². The quantitative estimate of drug-likeness (QED) is 0.492. The minimum Gasteiger partial charge on any atom is -0.489 e. The summed E-state index contributed by atoms with van der Waals surface area (Å²) >= 11 is 0. The third kappa shape index (κ3) is 2.74. The van der Waals surface area contributed by atoms with Crippen LogP contribution < -0.4 is 9.75 Å². The molecule has 5 heteroatoms. The molecule has 1 heterocycles. The molecule has 0 amide bonds. The van der Waals surface area contributed by atoms with Crippen molar-refractivity contribution < 1.29 is 9.53 Å². The molecule has 0 atom stereocenters. The first-order chi connectivity index (χ1) is 10.8. The maximum atomic E-state index is 12.4. The van der Waals surface area contributed by atoms with Crippen LogP contribution in [-0.4, -0.2) is 18.9 Å². The first-order valence-corrected chi connectivity index (χ1v) is 6.93. The predicted molar refractivity (Wildman–Crippen MR) is 84.9 cm³/mol. The highest BCUT2D eigenvalue weighted by atomic mass is 16.5. The number of benzene rings is 2. The molecule has 2 aromatic carbocycles. The lowest BCUT2D eigenvalue weighted by Crippen LogP contribution is -2.29. The van der Waals surface area contributed by atoms with Gasteiger partial charge in [0.05, 0.1) is 17.4 Å². The Kier molecular flexibility index (Phi) is 3.96. The fourth-order valence-electron chi connectivity index (χ4n) is 2.37. The number of nitroso groups, excluding NO2 is 1. The molecule has 0 aliphatic carbocycles. The Morgan fingerprint density at radius 2 is 1.95 bits per heavy atom. The topological polar surface area (TPSA) is 59.0 Å². The van der Waals surface area contributed by atoms with Gasteiger partial charge in [-0.3, -0.25) is 4.79 Å². The fraction of sp³-hybridized carbons (Fsp3) is 0.118. The zero-order valence-corrected chi connectivity index (χ0v) is 11.8. The largest absolute Gasteiger partial charge is 0.489 e. The lowest BCUT2D eigenvalue weighted by Gasteiger charge is -2.26. The average Bonchev–Trinajstić information content (AvgIpc) is 2.59. The van der Waals surface area contributed by atoms with Crippen molar-refractivity contribution in [1.29, 1.82) is 0 Å². The van der Waals surface area contributed by atoms with Crippen molar-refractivity contribution in [1.82, 2.24) is 0 Å². The number of carbonyl (C=O) groups is 1. The highest BCUT2D eigenvalue weighted by Gasteiger charge is 2.24. The lowest BCUT2D eigenvalue weighted by atomic mass is 10.0. The number of para-hydroxylation sites is 1. The molecule has 0 spiro atoms. The van der Waals surface area contributed by atoms with Crippen LogP contribution in [0, 0.1) is 4.91 Å². The maximum Gasteiger partial charge on any atom is 0.188 e. The second kappa shape index (κ2) is 6.22. The molecule has 0 saturated carbocycles. The van der Waals surface area contributed by atoms with Gasteiger partial charge in [-0.1, -0.05) is 42.5 Å². The summed E-state index contributed by atoms with van der Waals surface area (Å²) in [5.74, 6) is 0.310. The van der Waals surface area contributed by atoms with Crippen LogP contribution in [0.1, 0.15) is 15.9 Å². The highest BCUT2D eigenvalue weighted by Crippen LogP contribution is 2.35. The summed E-state index contributed by atoms with van der Waals surface area (Å²) in [5, 5.41) is 4.24. The van der Waals surface area contributed by atoms with Gasteiger partial charge in [-0.25, -0.2) is 5.01 Å². The van der Waals surface area contributed by atoms with Crippen LogP contribution in [0.4, 0.5) is 5.69 Å². The predicted octanol–water partition coefficient (Wildman–Crippen LogP) is 3.46. The van der Waals surface area contributed by atoms with Crippen molar-refractivity contribution in [2.45, 2.75) is 0 Å². The third-order valence-corrected chi connectivity index (χ3v) is 3.41. The monoisotopic (exact) mass is 294 g/mol. The second-order valence-corrected chi connectivity index (χ2v) is 4.81. The summed E-state index contributed by atoms with van der Waals surface area (Å²) in [6.07, 6.45) is 3.23. The van der Waals surface area contributed by atoms with Crippen LogP contribution in [0.25, 0.3) is 6.08 Å². The Labute approximate surface area is 127 Å². The van der Waals surface area contributed by atoms with Gasteiger partial charge in [0.2, 0.25) is 0 Å². The Hall–Kier alpha value is -2.95. The molecule has 3 rings (SSSR count). The molecule has 110 valence electrons. The van der Waals surface area contributed by atoms with Crippen LogP contribution in [0.2, 0.25) is 0 Å². The van der Waals surface area contributed by atoms with E-state index in [1.54, 1.807) is 24.3 Å². The van der Waals surface area contributed by atoms with Crippen molar-refractivity contribution in [2.75, 3.05) is 18.2 Å². The Morgan fingerprint density at radius 1 is 1.14 bits per heavy atom. The molecule has 0 fully saturated rings. The van der Waals surface area contributed by atoms with Gasteiger partial charge in [0, 0.05) is 0 Å². The van der Waals surface area contributed by atoms with Crippen LogP contribution in [0.3, 0.4) is 0 Å². The van der Waals surface area contributed by atoms with E-state index in [0.717, 1.165) is 5.56 Å². The van der Waals surface area contributed by atoms with Crippen LogP contribution in [-0.2, 0) is 0 Å². The zero-order valence-electron chi connectivity index (χ0n) is 11.8. The van der Waals surface area contributed by atoms with E-state index in [-0.39, 0.29) is 5.78 Å². The van der Waals surface area contributed by atoms with Gasteiger partial charge in [0.25, 0.3) is 0 Å². The summed E-state index contributed by atoms with van der Waals surface area (Å²) in [4.78, 5) is 23.4. The van der Waals surface area contributed by atoms with Crippen molar-refractivity contribution in [3.63, 3.8) is 0 Å². The van der Waals surface area contributed by atoms with E-state index < -0.39 is 0 Å². The first kappa shape index (κ1) is 14.0. The SMILES string of the molecule is O=NN1CCOc2cccc(C(=O)C=Cc3ccccc3)c21. The molecule has 1 aliphatic heterocycles. The number of allylic oxidation sites excluding steroid dienone is 1. The Balaban J connectivity index is 1.93. The van der Waals surface area contributed by atoms with E-state index in [4.69, 9.17) is 4.74 Å². The molecule has 0 radical (unpaired) electrons. The first-order valence-electron chi connectivity index (χ1n) is 6.93. The van der Waals surface area contributed by atoms with E-state index in [0.29, 0.717) is 30.2 Å². The number of ether oxygens (including phenoxy) is 1. The second-order valence-electron chi connectivity index (χ2n) is 4.81. The lowest BCUT2D eigenvalue weighted by molar-refractivity contribution is 0.104. The number of hydrogen-bond donors (Lipinski definition) is 0. The van der Waals surface area contributed by atoms with Gasteiger partial charge in [0.15, 0.2) is 5.78 Å². The van der Waals surface area contributed by atoms with Gasteiger partial charge in [-0.2, -0.15) is 0 Å². The van der Waals surface area contributed by atoms with Gasteiger partial charge in [-0.15, -0.1) is 4.91 Å². The van der Waals surface area contributed by atoms with Crippen molar-refractivity contribution >= 4 is 17.5 Å². The van der Waals surface area contributed by atoms with E-state index in [1.165, 1.54) is 11.1 Å².